The van der Waals surface area contributed by atoms with Gasteiger partial charge in [0.2, 0.25) is 16.4 Å². The van der Waals surface area contributed by atoms with E-state index >= 15 is 0 Å². The molecule has 0 aliphatic carbocycles. The Bertz CT molecular complexity index is 1530. The van der Waals surface area contributed by atoms with Crippen LogP contribution in [-0.4, -0.2) is 30.5 Å². The number of carbonyl (C=O) groups is 2. The summed E-state index contributed by atoms with van der Waals surface area (Å²) in [4.78, 5) is 23.5. The zero-order valence-corrected chi connectivity index (χ0v) is 19.2. The molecule has 4 rings (SSSR count). The highest BCUT2D eigenvalue weighted by atomic mass is 32.2. The normalized spacial score (nSPS) is 11.2. The molecule has 2 amide bonds. The Morgan fingerprint density at radius 3 is 2.49 bits per heavy atom. The Labute approximate surface area is 200 Å². The van der Waals surface area contributed by atoms with E-state index in [-0.39, 0.29) is 10.6 Å². The van der Waals surface area contributed by atoms with Crippen molar-refractivity contribution in [2.45, 2.75) is 11.8 Å². The molecule has 0 aliphatic rings. The molecule has 11 heteroatoms. The van der Waals surface area contributed by atoms with Gasteiger partial charge in [0.15, 0.2) is 0 Å². The van der Waals surface area contributed by atoms with Gasteiger partial charge in [-0.25, -0.2) is 22.6 Å². The number of hydrogen-bond donors (Lipinski definition) is 3. The molecule has 0 atom stereocenters. The molecule has 0 saturated carbocycles. The number of nitrogens with zero attached hydrogens (tertiary/aromatic N) is 2. The number of carbonyl (C=O) groups excluding carboxylic acids is 2. The maximum Gasteiger partial charge on any atom is 0.259 e. The SMILES string of the molecule is Cc1nn(-c2ccc(F)c(NC=O)c2)cc1C(=O)Nc1ccc(-c2ccccc2S(N)(=O)=O)cc1. The molecule has 35 heavy (non-hydrogen) atoms. The van der Waals surface area contributed by atoms with Crippen molar-refractivity contribution < 1.29 is 22.4 Å². The van der Waals surface area contributed by atoms with Gasteiger partial charge in [-0.1, -0.05) is 30.3 Å². The largest absolute Gasteiger partial charge is 0.326 e. The monoisotopic (exact) mass is 493 g/mol. The zero-order chi connectivity index (χ0) is 25.2. The molecule has 1 heterocycles. The Hall–Kier alpha value is -4.35. The predicted molar refractivity (Wildman–Crippen MR) is 129 cm³/mol. The summed E-state index contributed by atoms with van der Waals surface area (Å²) in [7, 11) is -3.90. The lowest BCUT2D eigenvalue weighted by molar-refractivity contribution is -0.105. The van der Waals surface area contributed by atoms with E-state index < -0.39 is 21.7 Å². The van der Waals surface area contributed by atoms with Gasteiger partial charge < -0.3 is 10.6 Å². The lowest BCUT2D eigenvalue weighted by Gasteiger charge is -2.09. The highest BCUT2D eigenvalue weighted by molar-refractivity contribution is 7.89. The van der Waals surface area contributed by atoms with E-state index in [9.17, 15) is 22.4 Å². The van der Waals surface area contributed by atoms with Crippen LogP contribution in [0.25, 0.3) is 16.8 Å². The second kappa shape index (κ2) is 9.49. The lowest BCUT2D eigenvalue weighted by Crippen LogP contribution is -2.13. The highest BCUT2D eigenvalue weighted by Crippen LogP contribution is 2.28. The van der Waals surface area contributed by atoms with E-state index in [1.807, 2.05) is 0 Å². The van der Waals surface area contributed by atoms with E-state index in [4.69, 9.17) is 5.14 Å². The van der Waals surface area contributed by atoms with E-state index in [0.29, 0.717) is 40.2 Å². The molecule has 0 saturated heterocycles. The topological polar surface area (TPSA) is 136 Å². The second-order valence-corrected chi connectivity index (χ2v) is 9.10. The van der Waals surface area contributed by atoms with Crippen molar-refractivity contribution in [2.75, 3.05) is 10.6 Å². The number of sulfonamides is 1. The first-order chi connectivity index (χ1) is 16.7. The van der Waals surface area contributed by atoms with Crippen molar-refractivity contribution in [2.24, 2.45) is 5.14 Å². The van der Waals surface area contributed by atoms with Gasteiger partial charge in [-0.2, -0.15) is 5.10 Å². The second-order valence-electron chi connectivity index (χ2n) is 7.57. The molecule has 178 valence electrons. The highest BCUT2D eigenvalue weighted by Gasteiger charge is 2.17. The smallest absolute Gasteiger partial charge is 0.259 e. The minimum Gasteiger partial charge on any atom is -0.326 e. The number of nitrogens with two attached hydrogens (primary N) is 1. The van der Waals surface area contributed by atoms with Gasteiger partial charge in [0.25, 0.3) is 5.91 Å². The fraction of sp³-hybridized carbons (Fsp3) is 0.0417. The van der Waals surface area contributed by atoms with E-state index in [2.05, 4.69) is 15.7 Å². The van der Waals surface area contributed by atoms with Crippen LogP contribution in [0.3, 0.4) is 0 Å². The zero-order valence-electron chi connectivity index (χ0n) is 18.4. The van der Waals surface area contributed by atoms with Gasteiger partial charge in [-0.05, 0) is 48.9 Å². The van der Waals surface area contributed by atoms with Crippen LogP contribution in [0, 0.1) is 12.7 Å². The van der Waals surface area contributed by atoms with Gasteiger partial charge in [0.05, 0.1) is 27.5 Å². The Morgan fingerprint density at radius 2 is 1.80 bits per heavy atom. The third-order valence-corrected chi connectivity index (χ3v) is 6.19. The molecule has 4 N–H and O–H groups in total. The Kier molecular flexibility index (Phi) is 6.45. The molecule has 0 bridgehead atoms. The molecule has 0 spiro atoms. The maximum absolute atomic E-state index is 13.8. The van der Waals surface area contributed by atoms with Crippen molar-refractivity contribution in [3.63, 3.8) is 0 Å². The van der Waals surface area contributed by atoms with Crippen LogP contribution in [0.4, 0.5) is 15.8 Å². The molecule has 0 radical (unpaired) electrons. The Morgan fingerprint density at radius 1 is 1.09 bits per heavy atom. The van der Waals surface area contributed by atoms with Gasteiger partial charge >= 0.3 is 0 Å². The van der Waals surface area contributed by atoms with E-state index in [1.54, 1.807) is 49.4 Å². The number of hydrogen-bond acceptors (Lipinski definition) is 5. The third-order valence-electron chi connectivity index (χ3n) is 5.22. The first kappa shape index (κ1) is 23.8. The average molecular weight is 494 g/mol. The number of rotatable bonds is 7. The van der Waals surface area contributed by atoms with Crippen molar-refractivity contribution >= 4 is 33.7 Å². The number of amides is 2. The van der Waals surface area contributed by atoms with E-state index in [0.717, 1.165) is 0 Å². The van der Waals surface area contributed by atoms with Crippen LogP contribution in [0.15, 0.2) is 77.8 Å². The van der Waals surface area contributed by atoms with Crippen LogP contribution in [-0.2, 0) is 14.8 Å². The summed E-state index contributed by atoms with van der Waals surface area (Å²) in [5, 5.41) is 14.7. The maximum atomic E-state index is 13.8. The average Bonchev–Trinajstić information content (AvgIpc) is 3.22. The predicted octanol–water partition coefficient (Wildman–Crippen LogP) is 3.45. The summed E-state index contributed by atoms with van der Waals surface area (Å²) in [6.45, 7) is 1.66. The first-order valence-electron chi connectivity index (χ1n) is 10.3. The molecule has 0 aliphatic heterocycles. The molecule has 4 aromatic rings. The molecule has 0 unspecified atom stereocenters. The molecule has 3 aromatic carbocycles. The van der Waals surface area contributed by atoms with Crippen LogP contribution in [0.5, 0.6) is 0 Å². The lowest BCUT2D eigenvalue weighted by atomic mass is 10.1. The number of aromatic nitrogens is 2. The first-order valence-corrected chi connectivity index (χ1v) is 11.8. The third kappa shape index (κ3) is 5.10. The van der Waals surface area contributed by atoms with E-state index in [1.165, 1.54) is 35.1 Å². The number of benzene rings is 3. The van der Waals surface area contributed by atoms with Crippen molar-refractivity contribution in [1.82, 2.24) is 9.78 Å². The van der Waals surface area contributed by atoms with Gasteiger partial charge in [0.1, 0.15) is 5.82 Å². The fourth-order valence-electron chi connectivity index (χ4n) is 3.53. The van der Waals surface area contributed by atoms with Crippen LogP contribution in [0.1, 0.15) is 16.1 Å². The molecule has 0 fully saturated rings. The number of nitrogens with one attached hydrogen (secondary N) is 2. The molecule has 1 aromatic heterocycles. The summed E-state index contributed by atoms with van der Waals surface area (Å²) in [5.74, 6) is -1.02. The standard InChI is InChI=1S/C24H20FN5O4S/c1-15-20(13-30(29-15)18-10-11-21(25)22(12-18)27-14-31)24(32)28-17-8-6-16(7-9-17)19-4-2-3-5-23(19)35(26,33)34/h2-14H,1H3,(H,27,31)(H,28,32)(H2,26,33,34). The number of aryl methyl sites for hydroxylation is 1. The van der Waals surface area contributed by atoms with Crippen LogP contribution < -0.4 is 15.8 Å². The summed E-state index contributed by atoms with van der Waals surface area (Å²) in [6, 6.07) is 17.1. The quantitative estimate of drug-likeness (QED) is 0.339. The summed E-state index contributed by atoms with van der Waals surface area (Å²) in [6.07, 6.45) is 1.87. The minimum atomic E-state index is -3.90. The minimum absolute atomic E-state index is 0.00659. The molecular formula is C24H20FN5O4S. The van der Waals surface area contributed by atoms with Crippen molar-refractivity contribution in [3.05, 3.63) is 90.0 Å². The van der Waals surface area contributed by atoms with Crippen molar-refractivity contribution in [3.8, 4) is 16.8 Å². The van der Waals surface area contributed by atoms with Gasteiger partial charge in [-0.15, -0.1) is 0 Å². The summed E-state index contributed by atoms with van der Waals surface area (Å²) < 4.78 is 39.0. The molecule has 9 nitrogen and oxygen atoms in total. The summed E-state index contributed by atoms with van der Waals surface area (Å²) in [5.41, 5.74) is 2.73. The summed E-state index contributed by atoms with van der Waals surface area (Å²) >= 11 is 0. The number of anilines is 2. The Balaban J connectivity index is 1.55. The van der Waals surface area contributed by atoms with Crippen LogP contribution >= 0.6 is 0 Å². The molecular weight excluding hydrogens is 473 g/mol. The fourth-order valence-corrected chi connectivity index (χ4v) is 4.29. The number of halogens is 1. The van der Waals surface area contributed by atoms with Gasteiger partial charge in [0, 0.05) is 17.4 Å². The number of primary sulfonamides is 1. The van der Waals surface area contributed by atoms with Gasteiger partial charge in [-0.3, -0.25) is 9.59 Å². The van der Waals surface area contributed by atoms with Crippen molar-refractivity contribution in [1.29, 1.82) is 0 Å². The van der Waals surface area contributed by atoms with Crippen LogP contribution in [0.2, 0.25) is 0 Å².